The third-order valence-corrected chi connectivity index (χ3v) is 7.20. The molecule has 0 unspecified atom stereocenters. The lowest BCUT2D eigenvalue weighted by molar-refractivity contribution is -0.113. The zero-order valence-electron chi connectivity index (χ0n) is 16.8. The number of thioether (sulfide) groups is 1. The van der Waals surface area contributed by atoms with Gasteiger partial charge in [0.25, 0.3) is 5.56 Å². The predicted molar refractivity (Wildman–Crippen MR) is 123 cm³/mol. The molecule has 1 aliphatic carbocycles. The van der Waals surface area contributed by atoms with E-state index in [0.29, 0.717) is 23.1 Å². The molecule has 3 aromatic rings. The van der Waals surface area contributed by atoms with Crippen LogP contribution in [0.15, 0.2) is 46.9 Å². The van der Waals surface area contributed by atoms with E-state index in [2.05, 4.69) is 11.9 Å². The summed E-state index contributed by atoms with van der Waals surface area (Å²) in [6.07, 6.45) is 5.92. The standard InChI is InChI=1S/C22H23N3O3S2/c1-3-11-25-21(27)19-16-9-4-5-10-17(16)30-20(19)24-22(25)29-13-18(26)23-14-7-6-8-15(12-14)28-2/h3,6-8,12H,1,4-5,9-11,13H2,2H3,(H,23,26). The van der Waals surface area contributed by atoms with E-state index in [1.807, 2.05) is 12.1 Å². The van der Waals surface area contributed by atoms with Crippen LogP contribution in [0.4, 0.5) is 5.69 Å². The molecule has 0 atom stereocenters. The van der Waals surface area contributed by atoms with Crippen LogP contribution in [0.25, 0.3) is 10.2 Å². The van der Waals surface area contributed by atoms with Crippen molar-refractivity contribution in [2.75, 3.05) is 18.2 Å². The van der Waals surface area contributed by atoms with E-state index in [1.54, 1.807) is 41.2 Å². The molecule has 0 spiro atoms. The Morgan fingerprint density at radius 1 is 1.40 bits per heavy atom. The molecule has 1 aromatic carbocycles. The summed E-state index contributed by atoms with van der Waals surface area (Å²) >= 11 is 2.88. The minimum atomic E-state index is -0.168. The van der Waals surface area contributed by atoms with Crippen LogP contribution < -0.4 is 15.6 Å². The number of hydrogen-bond donors (Lipinski definition) is 1. The van der Waals surface area contributed by atoms with Gasteiger partial charge in [0, 0.05) is 23.2 Å². The molecule has 2 heterocycles. The van der Waals surface area contributed by atoms with Crippen LogP contribution in [0.3, 0.4) is 0 Å². The third kappa shape index (κ3) is 4.15. The number of amides is 1. The van der Waals surface area contributed by atoms with Gasteiger partial charge in [0.05, 0.1) is 18.2 Å². The number of aryl methyl sites for hydroxylation is 2. The number of fused-ring (bicyclic) bond motifs is 3. The van der Waals surface area contributed by atoms with Gasteiger partial charge in [-0.25, -0.2) is 4.98 Å². The predicted octanol–water partition coefficient (Wildman–Crippen LogP) is 4.26. The molecular formula is C22H23N3O3S2. The highest BCUT2D eigenvalue weighted by atomic mass is 32.2. The van der Waals surface area contributed by atoms with E-state index in [1.165, 1.54) is 22.2 Å². The van der Waals surface area contributed by atoms with E-state index in [-0.39, 0.29) is 17.2 Å². The minimum absolute atomic E-state index is 0.0324. The Morgan fingerprint density at radius 2 is 2.23 bits per heavy atom. The summed E-state index contributed by atoms with van der Waals surface area (Å²) in [5.41, 5.74) is 1.80. The largest absolute Gasteiger partial charge is 0.497 e. The van der Waals surface area contributed by atoms with Crippen molar-refractivity contribution in [3.05, 3.63) is 57.7 Å². The molecule has 4 rings (SSSR count). The van der Waals surface area contributed by atoms with Crippen LogP contribution in [0.2, 0.25) is 0 Å². The van der Waals surface area contributed by atoms with Gasteiger partial charge in [0.2, 0.25) is 5.91 Å². The lowest BCUT2D eigenvalue weighted by Crippen LogP contribution is -2.24. The molecule has 0 bridgehead atoms. The Bertz CT molecular complexity index is 1170. The van der Waals surface area contributed by atoms with Crippen molar-refractivity contribution in [1.29, 1.82) is 0 Å². The van der Waals surface area contributed by atoms with Gasteiger partial charge in [-0.1, -0.05) is 23.9 Å². The highest BCUT2D eigenvalue weighted by molar-refractivity contribution is 7.99. The normalized spacial score (nSPS) is 13.1. The number of carbonyl (C=O) groups excluding carboxylic acids is 1. The summed E-state index contributed by atoms with van der Waals surface area (Å²) in [5, 5.41) is 4.16. The molecule has 1 aliphatic rings. The average Bonchev–Trinajstić information content (AvgIpc) is 3.13. The lowest BCUT2D eigenvalue weighted by Gasteiger charge is -2.12. The molecule has 8 heteroatoms. The molecule has 6 nitrogen and oxygen atoms in total. The SMILES string of the molecule is C=CCn1c(SCC(=O)Nc2cccc(OC)c2)nc2sc3c(c2c1=O)CCCC3. The highest BCUT2D eigenvalue weighted by Crippen LogP contribution is 2.34. The van der Waals surface area contributed by atoms with Crippen LogP contribution in [0, 0.1) is 0 Å². The van der Waals surface area contributed by atoms with Gasteiger partial charge in [0.15, 0.2) is 5.16 Å². The van der Waals surface area contributed by atoms with E-state index in [9.17, 15) is 9.59 Å². The molecule has 0 saturated carbocycles. The smallest absolute Gasteiger partial charge is 0.263 e. The number of carbonyl (C=O) groups is 1. The summed E-state index contributed by atoms with van der Waals surface area (Å²) in [4.78, 5) is 32.5. The zero-order chi connectivity index (χ0) is 21.1. The number of ether oxygens (including phenoxy) is 1. The molecule has 0 fully saturated rings. The van der Waals surface area contributed by atoms with Gasteiger partial charge in [0.1, 0.15) is 10.6 Å². The van der Waals surface area contributed by atoms with Crippen molar-refractivity contribution >= 4 is 44.9 Å². The number of rotatable bonds is 7. The minimum Gasteiger partial charge on any atom is -0.497 e. The number of thiophene rings is 1. The summed E-state index contributed by atoms with van der Waals surface area (Å²) in [6, 6.07) is 7.20. The van der Waals surface area contributed by atoms with Crippen molar-refractivity contribution in [3.63, 3.8) is 0 Å². The number of anilines is 1. The van der Waals surface area contributed by atoms with Crippen molar-refractivity contribution in [3.8, 4) is 5.75 Å². The van der Waals surface area contributed by atoms with Gasteiger partial charge in [-0.15, -0.1) is 17.9 Å². The topological polar surface area (TPSA) is 73.2 Å². The zero-order valence-corrected chi connectivity index (χ0v) is 18.4. The number of allylic oxidation sites excluding steroid dienone is 1. The highest BCUT2D eigenvalue weighted by Gasteiger charge is 2.22. The second kappa shape index (κ2) is 9.06. The van der Waals surface area contributed by atoms with Crippen LogP contribution in [-0.4, -0.2) is 28.3 Å². The first-order valence-electron chi connectivity index (χ1n) is 9.83. The molecule has 0 saturated heterocycles. The molecule has 0 aliphatic heterocycles. The molecular weight excluding hydrogens is 418 g/mol. The first-order valence-corrected chi connectivity index (χ1v) is 11.6. The number of nitrogens with zero attached hydrogens (tertiary/aromatic N) is 2. The van der Waals surface area contributed by atoms with E-state index in [0.717, 1.165) is 35.9 Å². The first-order chi connectivity index (χ1) is 14.6. The number of benzene rings is 1. The molecule has 1 N–H and O–H groups in total. The Balaban J connectivity index is 1.58. The van der Waals surface area contributed by atoms with Gasteiger partial charge >= 0.3 is 0 Å². The Hall–Kier alpha value is -2.58. The quantitative estimate of drug-likeness (QED) is 0.337. The Morgan fingerprint density at radius 3 is 3.03 bits per heavy atom. The van der Waals surface area contributed by atoms with Crippen LogP contribution in [-0.2, 0) is 24.2 Å². The van der Waals surface area contributed by atoms with Crippen molar-refractivity contribution < 1.29 is 9.53 Å². The van der Waals surface area contributed by atoms with Crippen molar-refractivity contribution in [1.82, 2.24) is 9.55 Å². The fraction of sp³-hybridized carbons (Fsp3) is 0.318. The summed E-state index contributed by atoms with van der Waals surface area (Å²) < 4.78 is 6.81. The number of hydrogen-bond acceptors (Lipinski definition) is 6. The Kier molecular flexibility index (Phi) is 6.24. The fourth-order valence-electron chi connectivity index (χ4n) is 3.65. The lowest BCUT2D eigenvalue weighted by atomic mass is 9.97. The first kappa shape index (κ1) is 20.7. The molecule has 156 valence electrons. The molecule has 1 amide bonds. The van der Waals surface area contributed by atoms with Crippen LogP contribution in [0.1, 0.15) is 23.3 Å². The number of aromatic nitrogens is 2. The second-order valence-electron chi connectivity index (χ2n) is 7.06. The number of nitrogens with one attached hydrogen (secondary N) is 1. The second-order valence-corrected chi connectivity index (χ2v) is 9.08. The average molecular weight is 442 g/mol. The van der Waals surface area contributed by atoms with Crippen molar-refractivity contribution in [2.45, 2.75) is 37.4 Å². The van der Waals surface area contributed by atoms with Gasteiger partial charge in [-0.3, -0.25) is 14.2 Å². The number of methoxy groups -OCH3 is 1. The maximum Gasteiger partial charge on any atom is 0.263 e. The monoisotopic (exact) mass is 441 g/mol. The summed E-state index contributed by atoms with van der Waals surface area (Å²) in [7, 11) is 1.58. The molecule has 30 heavy (non-hydrogen) atoms. The fourth-order valence-corrected chi connectivity index (χ4v) is 5.76. The van der Waals surface area contributed by atoms with Crippen LogP contribution in [0.5, 0.6) is 5.75 Å². The maximum atomic E-state index is 13.2. The molecule has 0 radical (unpaired) electrons. The van der Waals surface area contributed by atoms with E-state index < -0.39 is 0 Å². The maximum absolute atomic E-state index is 13.2. The van der Waals surface area contributed by atoms with Crippen LogP contribution >= 0.6 is 23.1 Å². The summed E-state index contributed by atoms with van der Waals surface area (Å²) in [6.45, 7) is 4.14. The molecule has 2 aromatic heterocycles. The third-order valence-electron chi connectivity index (χ3n) is 5.04. The van der Waals surface area contributed by atoms with E-state index >= 15 is 0 Å². The van der Waals surface area contributed by atoms with Gasteiger partial charge in [-0.05, 0) is 43.4 Å². The van der Waals surface area contributed by atoms with Gasteiger partial charge in [-0.2, -0.15) is 0 Å². The summed E-state index contributed by atoms with van der Waals surface area (Å²) in [5.74, 6) is 0.657. The van der Waals surface area contributed by atoms with E-state index in [4.69, 9.17) is 9.72 Å². The van der Waals surface area contributed by atoms with Crippen molar-refractivity contribution in [2.24, 2.45) is 0 Å². The van der Waals surface area contributed by atoms with Gasteiger partial charge < -0.3 is 10.1 Å². The Labute approximate surface area is 183 Å².